The lowest BCUT2D eigenvalue weighted by Crippen LogP contribution is -2.31. The van der Waals surface area contributed by atoms with Gasteiger partial charge in [0.25, 0.3) is 0 Å². The summed E-state index contributed by atoms with van der Waals surface area (Å²) >= 11 is 0. The molecule has 0 N–H and O–H groups in total. The normalized spacial score (nSPS) is 11.2. The van der Waals surface area contributed by atoms with Gasteiger partial charge in [0.1, 0.15) is 18.9 Å². The highest BCUT2D eigenvalue weighted by molar-refractivity contribution is 5.13. The average molecular weight is 272 g/mol. The van der Waals surface area contributed by atoms with Gasteiger partial charge in [-0.2, -0.15) is 0 Å². The molecule has 3 nitrogen and oxygen atoms in total. The summed E-state index contributed by atoms with van der Waals surface area (Å²) in [6, 6.07) is 10.6. The van der Waals surface area contributed by atoms with E-state index in [1.807, 2.05) is 0 Å². The minimum atomic E-state index is 0.948. The van der Waals surface area contributed by atoms with Gasteiger partial charge < -0.3 is 4.90 Å². The Bertz CT molecular complexity index is 486. The van der Waals surface area contributed by atoms with Crippen molar-refractivity contribution in [2.45, 2.75) is 33.4 Å². The third-order valence-electron chi connectivity index (χ3n) is 3.74. The summed E-state index contributed by atoms with van der Waals surface area (Å²) in [5, 5.41) is 0. The first-order valence-electron chi connectivity index (χ1n) is 7.63. The van der Waals surface area contributed by atoms with E-state index in [-0.39, 0.29) is 0 Å². The lowest BCUT2D eigenvalue weighted by molar-refractivity contribution is -0.687. The molecule has 1 aromatic heterocycles. The zero-order chi connectivity index (χ0) is 14.2. The van der Waals surface area contributed by atoms with Crippen molar-refractivity contribution in [2.24, 2.45) is 0 Å². The lowest BCUT2D eigenvalue weighted by Gasteiger charge is -2.16. The van der Waals surface area contributed by atoms with E-state index >= 15 is 0 Å². The summed E-state index contributed by atoms with van der Waals surface area (Å²) in [5.41, 5.74) is 1.35. The summed E-state index contributed by atoms with van der Waals surface area (Å²) in [6.45, 7) is 9.98. The molecule has 0 bridgehead atoms. The topological polar surface area (TPSA) is 12.1 Å². The van der Waals surface area contributed by atoms with E-state index in [2.05, 4.69) is 76.9 Å². The molecule has 2 rings (SSSR count). The molecular formula is C17H26N3+. The number of hydrogen-bond donors (Lipinski definition) is 0. The van der Waals surface area contributed by atoms with E-state index in [0.29, 0.717) is 0 Å². The van der Waals surface area contributed by atoms with E-state index in [0.717, 1.165) is 26.2 Å². The van der Waals surface area contributed by atoms with Crippen LogP contribution in [-0.2, 0) is 13.1 Å². The fraction of sp³-hybridized carbons (Fsp3) is 0.471. The van der Waals surface area contributed by atoms with Crippen molar-refractivity contribution in [1.82, 2.24) is 9.47 Å². The lowest BCUT2D eigenvalue weighted by atomic mass is 10.2. The van der Waals surface area contributed by atoms with Crippen LogP contribution in [0.3, 0.4) is 0 Å². The third-order valence-corrected chi connectivity index (χ3v) is 3.74. The number of benzene rings is 1. The molecule has 0 atom stereocenters. The molecule has 2 aromatic rings. The van der Waals surface area contributed by atoms with Gasteiger partial charge >= 0.3 is 0 Å². The Morgan fingerprint density at radius 3 is 2.55 bits per heavy atom. The average Bonchev–Trinajstić information content (AvgIpc) is 2.92. The van der Waals surface area contributed by atoms with Crippen LogP contribution in [0.5, 0.6) is 0 Å². The van der Waals surface area contributed by atoms with Gasteiger partial charge in [-0.1, -0.05) is 44.2 Å². The molecule has 0 unspecified atom stereocenters. The van der Waals surface area contributed by atoms with Crippen LogP contribution in [-0.4, -0.2) is 29.1 Å². The number of aromatic nitrogens is 2. The highest BCUT2D eigenvalue weighted by Gasteiger charge is 2.05. The van der Waals surface area contributed by atoms with Crippen LogP contribution in [0.25, 0.3) is 0 Å². The first kappa shape index (κ1) is 14.8. The Balaban J connectivity index is 1.80. The number of imidazole rings is 1. The monoisotopic (exact) mass is 272 g/mol. The highest BCUT2D eigenvalue weighted by Crippen LogP contribution is 1.98. The fourth-order valence-electron chi connectivity index (χ4n) is 2.48. The minimum absolute atomic E-state index is 0.948. The van der Waals surface area contributed by atoms with Crippen molar-refractivity contribution in [3.63, 3.8) is 0 Å². The summed E-state index contributed by atoms with van der Waals surface area (Å²) < 4.78 is 4.53. The Morgan fingerprint density at radius 1 is 1.10 bits per heavy atom. The SMILES string of the molecule is CCN(CC)CCCn1cc[n+](Cc2ccccc2)c1. The third kappa shape index (κ3) is 4.49. The zero-order valence-electron chi connectivity index (χ0n) is 12.7. The maximum Gasteiger partial charge on any atom is 0.244 e. The number of rotatable bonds is 8. The molecule has 3 heteroatoms. The Morgan fingerprint density at radius 2 is 1.85 bits per heavy atom. The molecule has 0 saturated heterocycles. The molecular weight excluding hydrogens is 246 g/mol. The van der Waals surface area contributed by atoms with Gasteiger partial charge in [-0.05, 0) is 25.1 Å². The van der Waals surface area contributed by atoms with Crippen molar-refractivity contribution in [3.8, 4) is 0 Å². The first-order chi connectivity index (χ1) is 9.81. The molecule has 0 fully saturated rings. The molecule has 0 aliphatic heterocycles. The van der Waals surface area contributed by atoms with Crippen LogP contribution in [0.1, 0.15) is 25.8 Å². The Labute approximate surface area is 122 Å². The quantitative estimate of drug-likeness (QED) is 0.673. The van der Waals surface area contributed by atoms with Crippen LogP contribution in [0.15, 0.2) is 49.1 Å². The van der Waals surface area contributed by atoms with Crippen molar-refractivity contribution in [3.05, 3.63) is 54.6 Å². The molecule has 0 aliphatic carbocycles. The molecule has 1 aromatic carbocycles. The molecule has 0 amide bonds. The zero-order valence-corrected chi connectivity index (χ0v) is 12.7. The highest BCUT2D eigenvalue weighted by atomic mass is 15.1. The second-order valence-electron chi connectivity index (χ2n) is 5.19. The summed E-state index contributed by atoms with van der Waals surface area (Å²) in [6.07, 6.45) is 7.74. The minimum Gasteiger partial charge on any atom is -0.304 e. The van der Waals surface area contributed by atoms with Crippen LogP contribution in [0.2, 0.25) is 0 Å². The molecule has 20 heavy (non-hydrogen) atoms. The van der Waals surface area contributed by atoms with Crippen molar-refractivity contribution in [2.75, 3.05) is 19.6 Å². The van der Waals surface area contributed by atoms with Gasteiger partial charge in [0, 0.05) is 6.54 Å². The number of hydrogen-bond acceptors (Lipinski definition) is 1. The van der Waals surface area contributed by atoms with Gasteiger partial charge in [-0.15, -0.1) is 0 Å². The predicted molar refractivity (Wildman–Crippen MR) is 82.6 cm³/mol. The second-order valence-corrected chi connectivity index (χ2v) is 5.19. The molecule has 0 aliphatic rings. The van der Waals surface area contributed by atoms with Gasteiger partial charge in [-0.25, -0.2) is 9.13 Å². The molecule has 108 valence electrons. The Hall–Kier alpha value is -1.61. The summed E-state index contributed by atoms with van der Waals surface area (Å²) in [5.74, 6) is 0. The summed E-state index contributed by atoms with van der Waals surface area (Å²) in [7, 11) is 0. The van der Waals surface area contributed by atoms with Crippen LogP contribution in [0, 0.1) is 0 Å². The second kappa shape index (κ2) is 7.85. The maximum atomic E-state index is 2.47. The van der Waals surface area contributed by atoms with Gasteiger partial charge in [0.2, 0.25) is 6.33 Å². The van der Waals surface area contributed by atoms with E-state index in [9.17, 15) is 0 Å². The van der Waals surface area contributed by atoms with E-state index in [1.165, 1.54) is 18.5 Å². The maximum absolute atomic E-state index is 2.47. The van der Waals surface area contributed by atoms with Crippen molar-refractivity contribution >= 4 is 0 Å². The largest absolute Gasteiger partial charge is 0.304 e. The molecule has 0 saturated carbocycles. The van der Waals surface area contributed by atoms with Gasteiger partial charge in [-0.3, -0.25) is 0 Å². The van der Waals surface area contributed by atoms with E-state index in [4.69, 9.17) is 0 Å². The predicted octanol–water partition coefficient (Wildman–Crippen LogP) is 2.56. The fourth-order valence-corrected chi connectivity index (χ4v) is 2.48. The van der Waals surface area contributed by atoms with Crippen LogP contribution < -0.4 is 4.57 Å². The number of nitrogens with zero attached hydrogens (tertiary/aromatic N) is 3. The van der Waals surface area contributed by atoms with E-state index < -0.39 is 0 Å². The summed E-state index contributed by atoms with van der Waals surface area (Å²) in [4.78, 5) is 2.47. The van der Waals surface area contributed by atoms with E-state index in [1.54, 1.807) is 0 Å². The molecule has 1 heterocycles. The van der Waals surface area contributed by atoms with Crippen molar-refractivity contribution in [1.29, 1.82) is 0 Å². The standard InChI is InChI=1S/C17H26N3/c1-3-18(4-2)11-8-12-19-13-14-20(16-19)15-17-9-6-5-7-10-17/h5-7,9-10,13-14,16H,3-4,8,11-12,15H2,1-2H3/q+1. The molecule has 0 radical (unpaired) electrons. The number of aryl methyl sites for hydroxylation is 1. The Kier molecular flexibility index (Phi) is 5.81. The smallest absolute Gasteiger partial charge is 0.244 e. The van der Waals surface area contributed by atoms with Crippen LogP contribution >= 0.6 is 0 Å². The van der Waals surface area contributed by atoms with Crippen molar-refractivity contribution < 1.29 is 4.57 Å². The molecule has 0 spiro atoms. The van der Waals surface area contributed by atoms with Crippen LogP contribution in [0.4, 0.5) is 0 Å². The van der Waals surface area contributed by atoms with Gasteiger partial charge in [0.05, 0.1) is 6.54 Å². The first-order valence-corrected chi connectivity index (χ1v) is 7.63. The van der Waals surface area contributed by atoms with Gasteiger partial charge in [0.15, 0.2) is 0 Å².